The molecule has 0 aromatic rings. The summed E-state index contributed by atoms with van der Waals surface area (Å²) in [6.45, 7) is 3.35. The van der Waals surface area contributed by atoms with Gasteiger partial charge in [0.15, 0.2) is 0 Å². The highest BCUT2D eigenvalue weighted by molar-refractivity contribution is 5.95. The Morgan fingerprint density at radius 3 is 1.96 bits per heavy atom. The van der Waals surface area contributed by atoms with Gasteiger partial charge in [-0.2, -0.15) is 0 Å². The third-order valence-corrected chi connectivity index (χ3v) is 3.55. The first-order valence-corrected chi connectivity index (χ1v) is 7.58. The molecule has 0 saturated carbocycles. The van der Waals surface area contributed by atoms with Crippen LogP contribution in [0.4, 0.5) is 0 Å². The van der Waals surface area contributed by atoms with Crippen molar-refractivity contribution in [3.63, 3.8) is 0 Å². The molecule has 0 unspecified atom stereocenters. The molecule has 8 N–H and O–H groups in total. The van der Waals surface area contributed by atoms with Crippen molar-refractivity contribution >= 4 is 29.7 Å². The third-order valence-electron chi connectivity index (χ3n) is 3.55. The molecule has 11 heteroatoms. The largest absolute Gasteiger partial charge is 0.481 e. The molecule has 0 aliphatic carbocycles. The number of carbonyl (C=O) groups excluding carboxylic acids is 3. The highest BCUT2D eigenvalue weighted by Gasteiger charge is 2.31. The van der Waals surface area contributed by atoms with E-state index in [1.54, 1.807) is 13.8 Å². The van der Waals surface area contributed by atoms with E-state index < -0.39 is 66.5 Å². The average molecular weight is 360 g/mol. The fourth-order valence-electron chi connectivity index (χ4n) is 1.91. The minimum absolute atomic E-state index is 0.402. The van der Waals surface area contributed by atoms with E-state index in [0.29, 0.717) is 6.42 Å². The Kier molecular flexibility index (Phi) is 9.13. The quantitative estimate of drug-likeness (QED) is 0.237. The average Bonchev–Trinajstić information content (AvgIpc) is 2.49. The standard InChI is InChI=1S/C14H24N4O7/c1-3-6(2)11(14(24)25)18-13(23)8(5-9(16)19)17-12(22)7(15)4-10(20)21/h6-8,11H,3-5,15H2,1-2H3,(H2,16,19)(H,17,22)(H,18,23)(H,20,21)(H,24,25)/t6-,7-,8-,11-/m0/s1. The topological polar surface area (TPSA) is 202 Å². The molecule has 0 bridgehead atoms. The fraction of sp³-hybridized carbons (Fsp3) is 0.643. The van der Waals surface area contributed by atoms with Gasteiger partial charge >= 0.3 is 11.9 Å². The second-order valence-corrected chi connectivity index (χ2v) is 5.65. The second kappa shape index (κ2) is 10.2. The Balaban J connectivity index is 5.14. The van der Waals surface area contributed by atoms with Gasteiger partial charge in [-0.25, -0.2) is 4.79 Å². The lowest BCUT2D eigenvalue weighted by molar-refractivity contribution is -0.144. The van der Waals surface area contributed by atoms with Gasteiger partial charge < -0.3 is 32.3 Å². The Hall–Kier alpha value is -2.69. The molecule has 0 rings (SSSR count). The summed E-state index contributed by atoms with van der Waals surface area (Å²) in [6, 6.07) is -4.13. The van der Waals surface area contributed by atoms with Crippen LogP contribution in [0, 0.1) is 5.92 Å². The summed E-state index contributed by atoms with van der Waals surface area (Å²) in [5.74, 6) is -5.80. The maximum Gasteiger partial charge on any atom is 0.326 e. The predicted molar refractivity (Wildman–Crippen MR) is 85.0 cm³/mol. The van der Waals surface area contributed by atoms with Crippen LogP contribution in [-0.4, -0.2) is 58.0 Å². The number of nitrogens with two attached hydrogens (primary N) is 2. The van der Waals surface area contributed by atoms with Crippen molar-refractivity contribution in [2.24, 2.45) is 17.4 Å². The zero-order chi connectivity index (χ0) is 19.7. The normalized spacial score (nSPS) is 15.3. The summed E-state index contributed by atoms with van der Waals surface area (Å²) in [5, 5.41) is 22.1. The van der Waals surface area contributed by atoms with Gasteiger partial charge in [-0.15, -0.1) is 0 Å². The Bertz CT molecular complexity index is 537. The molecular formula is C14H24N4O7. The van der Waals surface area contributed by atoms with Crippen molar-refractivity contribution in [1.29, 1.82) is 0 Å². The summed E-state index contributed by atoms with van der Waals surface area (Å²) in [6.07, 6.45) is -0.806. The predicted octanol–water partition coefficient (Wildman–Crippen LogP) is -2.24. The molecule has 4 atom stereocenters. The van der Waals surface area contributed by atoms with Crippen molar-refractivity contribution in [3.8, 4) is 0 Å². The van der Waals surface area contributed by atoms with Gasteiger partial charge in [0.2, 0.25) is 17.7 Å². The summed E-state index contributed by atoms with van der Waals surface area (Å²) < 4.78 is 0. The maximum absolute atomic E-state index is 12.2. The highest BCUT2D eigenvalue weighted by atomic mass is 16.4. The summed E-state index contributed by atoms with van der Waals surface area (Å²) in [5.41, 5.74) is 10.4. The molecule has 3 amide bonds. The zero-order valence-corrected chi connectivity index (χ0v) is 14.0. The summed E-state index contributed by atoms with van der Waals surface area (Å²) in [4.78, 5) is 57.0. The van der Waals surface area contributed by atoms with Crippen LogP contribution in [0.1, 0.15) is 33.1 Å². The van der Waals surface area contributed by atoms with Crippen molar-refractivity contribution in [3.05, 3.63) is 0 Å². The van der Waals surface area contributed by atoms with E-state index in [2.05, 4.69) is 10.6 Å². The van der Waals surface area contributed by atoms with E-state index >= 15 is 0 Å². The molecule has 0 aromatic heterocycles. The van der Waals surface area contributed by atoms with E-state index in [-0.39, 0.29) is 0 Å². The Morgan fingerprint density at radius 1 is 1.00 bits per heavy atom. The van der Waals surface area contributed by atoms with Gasteiger partial charge in [-0.3, -0.25) is 19.2 Å². The number of amides is 3. The van der Waals surface area contributed by atoms with Gasteiger partial charge in [0, 0.05) is 0 Å². The van der Waals surface area contributed by atoms with Crippen LogP contribution >= 0.6 is 0 Å². The van der Waals surface area contributed by atoms with Crippen LogP contribution in [0.2, 0.25) is 0 Å². The lowest BCUT2D eigenvalue weighted by atomic mass is 9.98. The van der Waals surface area contributed by atoms with Gasteiger partial charge in [0.1, 0.15) is 12.1 Å². The maximum atomic E-state index is 12.2. The summed E-state index contributed by atoms with van der Waals surface area (Å²) >= 11 is 0. The second-order valence-electron chi connectivity index (χ2n) is 5.65. The molecule has 0 aromatic carbocycles. The van der Waals surface area contributed by atoms with E-state index in [4.69, 9.17) is 16.6 Å². The number of carboxylic acid groups (broad SMARTS) is 2. The first-order valence-electron chi connectivity index (χ1n) is 7.58. The molecule has 0 saturated heterocycles. The molecule has 0 aliphatic rings. The van der Waals surface area contributed by atoms with E-state index in [0.717, 1.165) is 0 Å². The monoisotopic (exact) mass is 360 g/mol. The number of carboxylic acids is 2. The van der Waals surface area contributed by atoms with Gasteiger partial charge in [0.05, 0.1) is 18.9 Å². The first kappa shape index (κ1) is 22.3. The van der Waals surface area contributed by atoms with Crippen LogP contribution < -0.4 is 22.1 Å². The van der Waals surface area contributed by atoms with Crippen molar-refractivity contribution in [2.75, 3.05) is 0 Å². The SMILES string of the molecule is CC[C@H](C)[C@H](NC(=O)[C@H](CC(N)=O)NC(=O)[C@@H](N)CC(=O)O)C(=O)O. The number of hydrogen-bond donors (Lipinski definition) is 6. The van der Waals surface area contributed by atoms with Crippen molar-refractivity contribution in [2.45, 2.75) is 51.2 Å². The number of primary amides is 1. The van der Waals surface area contributed by atoms with Gasteiger partial charge in [-0.1, -0.05) is 20.3 Å². The molecule has 0 spiro atoms. The van der Waals surface area contributed by atoms with E-state index in [9.17, 15) is 29.1 Å². The van der Waals surface area contributed by atoms with Crippen molar-refractivity contribution in [1.82, 2.24) is 10.6 Å². The fourth-order valence-corrected chi connectivity index (χ4v) is 1.91. The minimum atomic E-state index is -1.46. The third kappa shape index (κ3) is 8.11. The van der Waals surface area contributed by atoms with Crippen molar-refractivity contribution < 1.29 is 34.2 Å². The lowest BCUT2D eigenvalue weighted by Gasteiger charge is -2.24. The van der Waals surface area contributed by atoms with Crippen LogP contribution in [0.3, 0.4) is 0 Å². The van der Waals surface area contributed by atoms with Crippen LogP contribution in [0.5, 0.6) is 0 Å². The molecule has 0 heterocycles. The molecule has 25 heavy (non-hydrogen) atoms. The summed E-state index contributed by atoms with van der Waals surface area (Å²) in [7, 11) is 0. The van der Waals surface area contributed by atoms with Gasteiger partial charge in [-0.05, 0) is 5.92 Å². The molecule has 0 fully saturated rings. The number of hydrogen-bond acceptors (Lipinski definition) is 6. The molecule has 0 radical (unpaired) electrons. The van der Waals surface area contributed by atoms with E-state index in [1.165, 1.54) is 0 Å². The van der Waals surface area contributed by atoms with Gasteiger partial charge in [0.25, 0.3) is 0 Å². The lowest BCUT2D eigenvalue weighted by Crippen LogP contribution is -2.56. The van der Waals surface area contributed by atoms with E-state index in [1.807, 2.05) is 0 Å². The molecule has 11 nitrogen and oxygen atoms in total. The Labute approximate surface area is 144 Å². The highest BCUT2D eigenvalue weighted by Crippen LogP contribution is 2.08. The molecule has 0 aliphatic heterocycles. The Morgan fingerprint density at radius 2 is 1.56 bits per heavy atom. The van der Waals surface area contributed by atoms with Crippen LogP contribution in [0.15, 0.2) is 0 Å². The molecular weight excluding hydrogens is 336 g/mol. The number of nitrogens with one attached hydrogen (secondary N) is 2. The smallest absolute Gasteiger partial charge is 0.326 e. The minimum Gasteiger partial charge on any atom is -0.481 e. The first-order chi connectivity index (χ1) is 11.5. The number of rotatable bonds is 11. The van der Waals surface area contributed by atoms with Crippen LogP contribution in [-0.2, 0) is 24.0 Å². The number of aliphatic carboxylic acids is 2. The number of carbonyl (C=O) groups is 5. The zero-order valence-electron chi connectivity index (χ0n) is 14.0. The molecule has 142 valence electrons. The van der Waals surface area contributed by atoms with Crippen LogP contribution in [0.25, 0.3) is 0 Å².